The third-order valence-corrected chi connectivity index (χ3v) is 14.1. The van der Waals surface area contributed by atoms with Gasteiger partial charge in [0.1, 0.15) is 17.2 Å². The standard InChI is InChI=1S/C55H49NO3/c1-5-54(6-2)48-19-13-11-17-44(48)50-43-27-25-40(58-39-14-8-7-9-15-39)35-46(43)52-45(51(50)54)28-29-55(59-52,36-20-23-38(24-21-36)56-30-32-57-33-31-56)37-22-26-42-41-16-10-12-18-47(41)53(3,4)49(42)34-37/h7-29,34-35H,5-6,30-33H2,1-4H3. The van der Waals surface area contributed by atoms with Gasteiger partial charge in [0.25, 0.3) is 0 Å². The quantitative estimate of drug-likeness (QED) is 0.161. The van der Waals surface area contributed by atoms with Gasteiger partial charge in [-0.2, -0.15) is 0 Å². The molecule has 1 unspecified atom stereocenters. The van der Waals surface area contributed by atoms with Gasteiger partial charge in [-0.3, -0.25) is 0 Å². The van der Waals surface area contributed by atoms with E-state index in [1.54, 1.807) is 0 Å². The molecule has 0 spiro atoms. The monoisotopic (exact) mass is 771 g/mol. The van der Waals surface area contributed by atoms with Crippen molar-refractivity contribution in [1.82, 2.24) is 0 Å². The Morgan fingerprint density at radius 3 is 2.05 bits per heavy atom. The smallest absolute Gasteiger partial charge is 0.178 e. The molecular formula is C55H49NO3. The minimum absolute atomic E-state index is 0.152. The van der Waals surface area contributed by atoms with E-state index in [9.17, 15) is 0 Å². The van der Waals surface area contributed by atoms with Crippen molar-refractivity contribution >= 4 is 22.5 Å². The Hall–Kier alpha value is -6.10. The van der Waals surface area contributed by atoms with E-state index in [1.165, 1.54) is 61.1 Å². The van der Waals surface area contributed by atoms with Gasteiger partial charge in [-0.1, -0.05) is 125 Å². The molecule has 4 nitrogen and oxygen atoms in total. The fraction of sp³-hybridized carbons (Fsp3) is 0.236. The SMILES string of the molecule is CCC1(CC)c2ccccc2-c2c1c1c(c3cc(Oc4ccccc4)ccc23)OC(c2ccc(N3CCOCC3)cc2)(c2ccc3c(c2)C(C)(C)c2ccccc2-3)C=C1. The highest BCUT2D eigenvalue weighted by atomic mass is 16.5. The molecule has 2 aliphatic carbocycles. The Morgan fingerprint density at radius 2 is 1.29 bits per heavy atom. The summed E-state index contributed by atoms with van der Waals surface area (Å²) < 4.78 is 20.2. The Bertz CT molecular complexity index is 2810. The Labute approximate surface area is 347 Å². The maximum absolute atomic E-state index is 7.93. The minimum atomic E-state index is -0.916. The summed E-state index contributed by atoms with van der Waals surface area (Å²) >= 11 is 0. The molecule has 0 saturated carbocycles. The fourth-order valence-electron chi connectivity index (χ4n) is 11.0. The van der Waals surface area contributed by atoms with Gasteiger partial charge in [-0.25, -0.2) is 0 Å². The summed E-state index contributed by atoms with van der Waals surface area (Å²) in [6.45, 7) is 12.7. The molecule has 2 aliphatic heterocycles. The number of nitrogens with zero attached hydrogens (tertiary/aromatic N) is 1. The Kier molecular flexibility index (Phi) is 8.22. The second-order valence-electron chi connectivity index (χ2n) is 17.2. The van der Waals surface area contributed by atoms with Crippen LogP contribution in [0.4, 0.5) is 5.69 Å². The van der Waals surface area contributed by atoms with Gasteiger partial charge < -0.3 is 19.1 Å². The highest BCUT2D eigenvalue weighted by molar-refractivity contribution is 6.09. The molecule has 0 N–H and O–H groups in total. The molecule has 0 radical (unpaired) electrons. The maximum Gasteiger partial charge on any atom is 0.178 e. The lowest BCUT2D eigenvalue weighted by molar-refractivity contribution is 0.122. The molecule has 11 rings (SSSR count). The Balaban J connectivity index is 1.17. The molecule has 7 aromatic rings. The van der Waals surface area contributed by atoms with Crippen LogP contribution in [0.25, 0.3) is 39.1 Å². The Morgan fingerprint density at radius 1 is 0.610 bits per heavy atom. The third kappa shape index (κ3) is 5.25. The van der Waals surface area contributed by atoms with Crippen molar-refractivity contribution in [2.24, 2.45) is 0 Å². The molecule has 1 fully saturated rings. The van der Waals surface area contributed by atoms with Crippen LogP contribution in [0.3, 0.4) is 0 Å². The van der Waals surface area contributed by atoms with Crippen LogP contribution in [0.2, 0.25) is 0 Å². The van der Waals surface area contributed by atoms with E-state index in [2.05, 4.69) is 154 Å². The van der Waals surface area contributed by atoms with Crippen molar-refractivity contribution < 1.29 is 14.2 Å². The van der Waals surface area contributed by atoms with E-state index in [0.717, 1.165) is 72.9 Å². The molecule has 4 heteroatoms. The predicted octanol–water partition coefficient (Wildman–Crippen LogP) is 13.2. The summed E-state index contributed by atoms with van der Waals surface area (Å²) in [4.78, 5) is 2.42. The van der Waals surface area contributed by atoms with E-state index in [4.69, 9.17) is 14.2 Å². The van der Waals surface area contributed by atoms with Crippen LogP contribution in [0, 0.1) is 0 Å². The first kappa shape index (κ1) is 36.0. The van der Waals surface area contributed by atoms with Gasteiger partial charge in [-0.15, -0.1) is 0 Å². The third-order valence-electron chi connectivity index (χ3n) is 14.1. The highest BCUT2D eigenvalue weighted by Crippen LogP contribution is 2.61. The molecule has 292 valence electrons. The van der Waals surface area contributed by atoms with E-state index in [-0.39, 0.29) is 10.8 Å². The van der Waals surface area contributed by atoms with Crippen molar-refractivity contribution in [3.05, 3.63) is 185 Å². The number of hydrogen-bond donors (Lipinski definition) is 0. The van der Waals surface area contributed by atoms with Crippen molar-refractivity contribution in [3.8, 4) is 39.5 Å². The van der Waals surface area contributed by atoms with Gasteiger partial charge in [-0.05, 0) is 117 Å². The predicted molar refractivity (Wildman–Crippen MR) is 241 cm³/mol. The molecule has 1 atom stereocenters. The molecule has 59 heavy (non-hydrogen) atoms. The van der Waals surface area contributed by atoms with Crippen molar-refractivity contribution in [2.75, 3.05) is 31.2 Å². The largest absolute Gasteiger partial charge is 0.472 e. The van der Waals surface area contributed by atoms with Crippen LogP contribution >= 0.6 is 0 Å². The number of morpholine rings is 1. The van der Waals surface area contributed by atoms with Crippen LogP contribution in [-0.4, -0.2) is 26.3 Å². The molecule has 2 heterocycles. The highest BCUT2D eigenvalue weighted by Gasteiger charge is 2.47. The van der Waals surface area contributed by atoms with Crippen LogP contribution in [-0.2, 0) is 21.2 Å². The van der Waals surface area contributed by atoms with Gasteiger partial charge in [0.05, 0.1) is 13.2 Å². The molecule has 4 aliphatic rings. The minimum Gasteiger partial charge on any atom is -0.472 e. The summed E-state index contributed by atoms with van der Waals surface area (Å²) in [5, 5.41) is 2.24. The second-order valence-corrected chi connectivity index (χ2v) is 17.2. The number of fused-ring (bicyclic) bond motifs is 11. The lowest BCUT2D eigenvalue weighted by atomic mass is 9.71. The van der Waals surface area contributed by atoms with Crippen molar-refractivity contribution in [2.45, 2.75) is 57.0 Å². The normalized spacial score (nSPS) is 19.0. The maximum atomic E-state index is 7.93. The number of anilines is 1. The van der Waals surface area contributed by atoms with Gasteiger partial charge >= 0.3 is 0 Å². The topological polar surface area (TPSA) is 30.9 Å². The molecule has 0 aromatic heterocycles. The zero-order valence-corrected chi connectivity index (χ0v) is 34.3. The van der Waals surface area contributed by atoms with E-state index >= 15 is 0 Å². The van der Waals surface area contributed by atoms with Crippen LogP contribution in [0.1, 0.15) is 79.5 Å². The summed E-state index contributed by atoms with van der Waals surface area (Å²) in [6, 6.07) is 50.8. The average molecular weight is 772 g/mol. The van der Waals surface area contributed by atoms with E-state index in [0.29, 0.717) is 0 Å². The zero-order chi connectivity index (χ0) is 39.9. The molecule has 0 bridgehead atoms. The summed E-state index contributed by atoms with van der Waals surface area (Å²) in [5.74, 6) is 2.49. The molecule has 7 aromatic carbocycles. The number of benzene rings is 7. The number of rotatable bonds is 7. The van der Waals surface area contributed by atoms with E-state index < -0.39 is 5.60 Å². The lowest BCUT2D eigenvalue weighted by Gasteiger charge is -2.40. The zero-order valence-electron chi connectivity index (χ0n) is 34.3. The van der Waals surface area contributed by atoms with Gasteiger partial charge in [0, 0.05) is 51.7 Å². The van der Waals surface area contributed by atoms with E-state index in [1.807, 2.05) is 30.3 Å². The number of hydrogen-bond acceptors (Lipinski definition) is 4. The van der Waals surface area contributed by atoms with Crippen LogP contribution < -0.4 is 14.4 Å². The number of para-hydroxylation sites is 1. The first-order valence-electron chi connectivity index (χ1n) is 21.4. The molecular weight excluding hydrogens is 723 g/mol. The van der Waals surface area contributed by atoms with Crippen LogP contribution in [0.15, 0.2) is 146 Å². The lowest BCUT2D eigenvalue weighted by Crippen LogP contribution is -2.37. The van der Waals surface area contributed by atoms with Gasteiger partial charge in [0.15, 0.2) is 5.60 Å². The average Bonchev–Trinajstić information content (AvgIpc) is 3.72. The summed E-state index contributed by atoms with van der Waals surface area (Å²) in [7, 11) is 0. The molecule has 1 saturated heterocycles. The van der Waals surface area contributed by atoms with Crippen molar-refractivity contribution in [3.63, 3.8) is 0 Å². The first-order valence-corrected chi connectivity index (χ1v) is 21.4. The fourth-order valence-corrected chi connectivity index (χ4v) is 11.0. The number of ether oxygens (including phenoxy) is 3. The summed E-state index contributed by atoms with van der Waals surface area (Å²) in [5.41, 5.74) is 14.1. The first-order chi connectivity index (χ1) is 28.9. The van der Waals surface area contributed by atoms with Crippen molar-refractivity contribution in [1.29, 1.82) is 0 Å². The summed E-state index contributed by atoms with van der Waals surface area (Å²) in [6.07, 6.45) is 6.73. The molecule has 0 amide bonds. The second kappa shape index (κ2) is 13.5. The van der Waals surface area contributed by atoms with Gasteiger partial charge in [0.2, 0.25) is 0 Å². The van der Waals surface area contributed by atoms with Crippen LogP contribution in [0.5, 0.6) is 17.2 Å².